The van der Waals surface area contributed by atoms with E-state index in [0.717, 1.165) is 17.1 Å². The summed E-state index contributed by atoms with van der Waals surface area (Å²) in [5, 5.41) is 13.1. The summed E-state index contributed by atoms with van der Waals surface area (Å²) >= 11 is 1.52. The fraction of sp³-hybridized carbons (Fsp3) is 0.688. The Morgan fingerprint density at radius 2 is 1.95 bits per heavy atom. The molecule has 0 spiro atoms. The molecule has 0 aromatic carbocycles. The second kappa shape index (κ2) is 6.36. The summed E-state index contributed by atoms with van der Waals surface area (Å²) < 4.78 is 0. The number of carboxylic acid groups (broad SMARTS) is 1. The molecule has 1 amide bonds. The van der Waals surface area contributed by atoms with E-state index >= 15 is 0 Å². The minimum absolute atomic E-state index is 0.0231. The van der Waals surface area contributed by atoms with Crippen molar-refractivity contribution >= 4 is 23.2 Å². The Kier molecular flexibility index (Phi) is 4.47. The monoisotopic (exact) mass is 322 g/mol. The molecule has 0 bridgehead atoms. The van der Waals surface area contributed by atoms with Crippen LogP contribution in [0.15, 0.2) is 0 Å². The first kappa shape index (κ1) is 15.5. The van der Waals surface area contributed by atoms with Crippen LogP contribution in [0, 0.1) is 12.8 Å². The van der Waals surface area contributed by atoms with Gasteiger partial charge in [-0.2, -0.15) is 0 Å². The van der Waals surface area contributed by atoms with Crippen molar-refractivity contribution in [1.29, 1.82) is 0 Å². The first-order valence-corrected chi connectivity index (χ1v) is 8.87. The van der Waals surface area contributed by atoms with E-state index < -0.39 is 5.97 Å². The van der Waals surface area contributed by atoms with Gasteiger partial charge in [0, 0.05) is 12.0 Å². The van der Waals surface area contributed by atoms with Crippen LogP contribution in [0.1, 0.15) is 71.2 Å². The van der Waals surface area contributed by atoms with Crippen molar-refractivity contribution in [3.8, 4) is 0 Å². The summed E-state index contributed by atoms with van der Waals surface area (Å²) in [5.41, 5.74) is 0.803. The van der Waals surface area contributed by atoms with E-state index in [2.05, 4.69) is 10.3 Å². The Hall–Kier alpha value is -1.43. The van der Waals surface area contributed by atoms with E-state index in [4.69, 9.17) is 5.11 Å². The van der Waals surface area contributed by atoms with Crippen LogP contribution in [0.3, 0.4) is 0 Å². The van der Waals surface area contributed by atoms with Crippen LogP contribution >= 0.6 is 11.3 Å². The molecule has 2 atom stereocenters. The largest absolute Gasteiger partial charge is 0.481 e. The molecular weight excluding hydrogens is 300 g/mol. The van der Waals surface area contributed by atoms with Gasteiger partial charge in [0.15, 0.2) is 0 Å². The number of aromatic nitrogens is 1. The number of aliphatic carboxylic acids is 1. The standard InChI is InChI=1S/C16H22N2O3S/c1-9-13(22-15(17-9)10-4-2-3-5-10)14(19)18-12-7-6-11(8-12)16(20)21/h10-12H,2-8H2,1H3,(H,18,19)(H,20,21)/t11-,12+/m1/s1. The van der Waals surface area contributed by atoms with Gasteiger partial charge in [0.1, 0.15) is 4.88 Å². The average molecular weight is 322 g/mol. The Balaban J connectivity index is 1.64. The third-order valence-electron chi connectivity index (χ3n) is 4.84. The zero-order valence-electron chi connectivity index (χ0n) is 12.8. The fourth-order valence-electron chi connectivity index (χ4n) is 3.56. The van der Waals surface area contributed by atoms with Crippen molar-refractivity contribution in [3.05, 3.63) is 15.6 Å². The maximum atomic E-state index is 12.4. The summed E-state index contributed by atoms with van der Waals surface area (Å²) in [4.78, 5) is 28.7. The Morgan fingerprint density at radius 1 is 1.23 bits per heavy atom. The van der Waals surface area contributed by atoms with E-state index in [0.29, 0.717) is 23.6 Å². The van der Waals surface area contributed by atoms with Gasteiger partial charge >= 0.3 is 5.97 Å². The molecule has 0 unspecified atom stereocenters. The SMILES string of the molecule is Cc1nc(C2CCCC2)sc1C(=O)N[C@H]1CC[C@@H](C(=O)O)C1. The first-order valence-electron chi connectivity index (χ1n) is 8.05. The van der Waals surface area contributed by atoms with Crippen molar-refractivity contribution < 1.29 is 14.7 Å². The third kappa shape index (κ3) is 3.16. The maximum absolute atomic E-state index is 12.4. The van der Waals surface area contributed by atoms with Gasteiger partial charge in [0.05, 0.1) is 16.6 Å². The summed E-state index contributed by atoms with van der Waals surface area (Å²) in [6, 6.07) is -0.0231. The summed E-state index contributed by atoms with van der Waals surface area (Å²) in [7, 11) is 0. The highest BCUT2D eigenvalue weighted by molar-refractivity contribution is 7.13. The number of carboxylic acids is 1. The van der Waals surface area contributed by atoms with Crippen LogP contribution in [0.25, 0.3) is 0 Å². The quantitative estimate of drug-likeness (QED) is 0.893. The number of nitrogens with zero attached hydrogens (tertiary/aromatic N) is 1. The lowest BCUT2D eigenvalue weighted by molar-refractivity contribution is -0.141. The molecule has 2 N–H and O–H groups in total. The molecule has 1 heterocycles. The van der Waals surface area contributed by atoms with Gasteiger partial charge in [-0.05, 0) is 39.0 Å². The molecule has 2 aliphatic carbocycles. The third-order valence-corrected chi connectivity index (χ3v) is 6.16. The molecule has 2 fully saturated rings. The molecule has 1 aromatic rings. The smallest absolute Gasteiger partial charge is 0.306 e. The predicted molar refractivity (Wildman–Crippen MR) is 84.3 cm³/mol. The second-order valence-electron chi connectivity index (χ2n) is 6.47. The van der Waals surface area contributed by atoms with Crippen LogP contribution < -0.4 is 5.32 Å². The molecule has 0 saturated heterocycles. The molecule has 2 aliphatic rings. The van der Waals surface area contributed by atoms with Crippen molar-refractivity contribution in [3.63, 3.8) is 0 Å². The molecule has 22 heavy (non-hydrogen) atoms. The highest BCUT2D eigenvalue weighted by Crippen LogP contribution is 2.37. The molecule has 0 aliphatic heterocycles. The number of nitrogens with one attached hydrogen (secondary N) is 1. The van der Waals surface area contributed by atoms with E-state index in [1.807, 2.05) is 6.92 Å². The second-order valence-corrected chi connectivity index (χ2v) is 7.50. The number of aryl methyl sites for hydroxylation is 1. The minimum atomic E-state index is -0.755. The topological polar surface area (TPSA) is 79.3 Å². The lowest BCUT2D eigenvalue weighted by Crippen LogP contribution is -2.33. The number of carbonyl (C=O) groups excluding carboxylic acids is 1. The summed E-state index contributed by atoms with van der Waals surface area (Å²) in [6.07, 6.45) is 6.79. The molecule has 6 heteroatoms. The van der Waals surface area contributed by atoms with Crippen molar-refractivity contribution in [1.82, 2.24) is 10.3 Å². The highest BCUT2D eigenvalue weighted by Gasteiger charge is 2.31. The molecule has 3 rings (SSSR count). The van der Waals surface area contributed by atoms with Crippen LogP contribution in [-0.4, -0.2) is 28.0 Å². The Morgan fingerprint density at radius 3 is 2.59 bits per heavy atom. The van der Waals surface area contributed by atoms with Crippen molar-refractivity contribution in [2.45, 2.75) is 63.8 Å². The van der Waals surface area contributed by atoms with Crippen molar-refractivity contribution in [2.75, 3.05) is 0 Å². The van der Waals surface area contributed by atoms with E-state index in [-0.39, 0.29) is 17.9 Å². The lowest BCUT2D eigenvalue weighted by Gasteiger charge is -2.11. The lowest BCUT2D eigenvalue weighted by atomic mass is 10.1. The Labute approximate surface area is 134 Å². The van der Waals surface area contributed by atoms with Crippen LogP contribution in [0.2, 0.25) is 0 Å². The molecule has 0 radical (unpaired) electrons. The maximum Gasteiger partial charge on any atom is 0.306 e. The van der Waals surface area contributed by atoms with Crippen LogP contribution in [-0.2, 0) is 4.79 Å². The number of amides is 1. The number of thiazole rings is 1. The summed E-state index contributed by atoms with van der Waals surface area (Å²) in [6.45, 7) is 1.89. The Bertz CT molecular complexity index is 578. The van der Waals surface area contributed by atoms with Gasteiger partial charge < -0.3 is 10.4 Å². The van der Waals surface area contributed by atoms with E-state index in [1.165, 1.54) is 37.0 Å². The number of rotatable bonds is 4. The number of carbonyl (C=O) groups is 2. The fourth-order valence-corrected chi connectivity index (χ4v) is 4.70. The van der Waals surface area contributed by atoms with Crippen molar-refractivity contribution in [2.24, 2.45) is 5.92 Å². The molecule has 5 nitrogen and oxygen atoms in total. The molecular formula is C16H22N2O3S. The van der Waals surface area contributed by atoms with Gasteiger partial charge in [-0.25, -0.2) is 4.98 Å². The molecule has 1 aromatic heterocycles. The van der Waals surface area contributed by atoms with Gasteiger partial charge in [-0.15, -0.1) is 11.3 Å². The summed E-state index contributed by atoms with van der Waals surface area (Å²) in [5.74, 6) is -0.639. The average Bonchev–Trinajstić information content (AvgIpc) is 3.16. The van der Waals surface area contributed by atoms with Gasteiger partial charge in [-0.3, -0.25) is 9.59 Å². The zero-order valence-corrected chi connectivity index (χ0v) is 13.6. The minimum Gasteiger partial charge on any atom is -0.481 e. The van der Waals surface area contributed by atoms with Crippen LogP contribution in [0.4, 0.5) is 0 Å². The molecule has 2 saturated carbocycles. The molecule has 120 valence electrons. The van der Waals surface area contributed by atoms with Gasteiger partial charge in [-0.1, -0.05) is 12.8 Å². The van der Waals surface area contributed by atoms with Gasteiger partial charge in [0.2, 0.25) is 0 Å². The normalized spacial score (nSPS) is 25.5. The predicted octanol–water partition coefficient (Wildman–Crippen LogP) is 3.09. The van der Waals surface area contributed by atoms with Crippen LogP contribution in [0.5, 0.6) is 0 Å². The number of hydrogen-bond acceptors (Lipinski definition) is 4. The van der Waals surface area contributed by atoms with E-state index in [9.17, 15) is 9.59 Å². The first-order chi connectivity index (χ1) is 10.5. The number of hydrogen-bond donors (Lipinski definition) is 2. The zero-order chi connectivity index (χ0) is 15.7. The van der Waals surface area contributed by atoms with Gasteiger partial charge in [0.25, 0.3) is 5.91 Å². The highest BCUT2D eigenvalue weighted by atomic mass is 32.1. The van der Waals surface area contributed by atoms with E-state index in [1.54, 1.807) is 0 Å².